The first-order valence-corrected chi connectivity index (χ1v) is 9.11. The van der Waals surface area contributed by atoms with Crippen molar-refractivity contribution in [3.8, 4) is 5.75 Å². The van der Waals surface area contributed by atoms with Gasteiger partial charge in [-0.3, -0.25) is 4.90 Å². The quantitative estimate of drug-likeness (QED) is 0.589. The minimum atomic E-state index is 0. The lowest BCUT2D eigenvalue weighted by atomic mass is 10.0. The van der Waals surface area contributed by atoms with Crippen molar-refractivity contribution in [2.75, 3.05) is 7.11 Å². The number of halogens is 1. The Bertz CT molecular complexity index is 841. The molecule has 2 aromatic carbocycles. The van der Waals surface area contributed by atoms with Crippen LogP contribution in [-0.4, -0.2) is 28.2 Å². The Morgan fingerprint density at radius 3 is 2.46 bits per heavy atom. The number of nitrogens with zero attached hydrogens (tertiary/aromatic N) is 3. The molecule has 0 aliphatic heterocycles. The van der Waals surface area contributed by atoms with Crippen molar-refractivity contribution in [1.82, 2.24) is 15.0 Å². The highest BCUT2D eigenvalue weighted by molar-refractivity contribution is 5.85. The number of benzene rings is 2. The molecule has 3 rings (SSSR count). The van der Waals surface area contributed by atoms with Crippen molar-refractivity contribution < 1.29 is 9.26 Å². The van der Waals surface area contributed by atoms with E-state index in [-0.39, 0.29) is 25.0 Å². The van der Waals surface area contributed by atoms with Gasteiger partial charge in [-0.1, -0.05) is 53.7 Å². The molecule has 0 bridgehead atoms. The molecule has 0 amide bonds. The maximum atomic E-state index is 5.59. The molecule has 1 aromatic heterocycles. The van der Waals surface area contributed by atoms with E-state index in [2.05, 4.69) is 52.3 Å². The lowest BCUT2D eigenvalue weighted by Crippen LogP contribution is -2.34. The summed E-state index contributed by atoms with van der Waals surface area (Å²) in [5.74, 6) is 2.02. The Morgan fingerprint density at radius 2 is 1.79 bits per heavy atom. The van der Waals surface area contributed by atoms with Crippen molar-refractivity contribution in [1.29, 1.82) is 0 Å². The van der Waals surface area contributed by atoms with Gasteiger partial charge < -0.3 is 15.0 Å². The Hall–Kier alpha value is -2.41. The van der Waals surface area contributed by atoms with Gasteiger partial charge in [-0.05, 0) is 30.5 Å². The molecule has 0 saturated carbocycles. The summed E-state index contributed by atoms with van der Waals surface area (Å²) >= 11 is 0. The molecule has 0 spiro atoms. The summed E-state index contributed by atoms with van der Waals surface area (Å²) in [4.78, 5) is 6.70. The summed E-state index contributed by atoms with van der Waals surface area (Å²) in [6, 6.07) is 18.8. The molecule has 1 unspecified atom stereocenters. The maximum absolute atomic E-state index is 5.59. The molecule has 0 aliphatic carbocycles. The number of para-hydroxylation sites is 1. The van der Waals surface area contributed by atoms with E-state index in [1.54, 1.807) is 7.11 Å². The second kappa shape index (κ2) is 10.8. The molecule has 3 aromatic rings. The predicted molar refractivity (Wildman–Crippen MR) is 111 cm³/mol. The zero-order chi connectivity index (χ0) is 19.1. The average molecular weight is 403 g/mol. The highest BCUT2D eigenvalue weighted by Crippen LogP contribution is 2.22. The smallest absolute Gasteiger partial charge is 0.240 e. The fraction of sp³-hybridized carbons (Fsp3) is 0.333. The topological polar surface area (TPSA) is 77.4 Å². The lowest BCUT2D eigenvalue weighted by molar-refractivity contribution is 0.181. The van der Waals surface area contributed by atoms with E-state index >= 15 is 0 Å². The first-order valence-electron chi connectivity index (χ1n) is 9.11. The number of rotatable bonds is 9. The molecular weight excluding hydrogens is 376 g/mol. The van der Waals surface area contributed by atoms with Crippen LogP contribution in [0.15, 0.2) is 59.1 Å². The van der Waals surface area contributed by atoms with Gasteiger partial charge in [-0.15, -0.1) is 12.4 Å². The molecule has 0 radical (unpaired) electrons. The summed E-state index contributed by atoms with van der Waals surface area (Å²) in [5.41, 5.74) is 8.01. The summed E-state index contributed by atoms with van der Waals surface area (Å²) in [6.07, 6.45) is 0.860. The number of aromatic nitrogens is 2. The van der Waals surface area contributed by atoms with Gasteiger partial charge in [-0.25, -0.2) is 0 Å². The van der Waals surface area contributed by atoms with Crippen LogP contribution in [0.4, 0.5) is 0 Å². The van der Waals surface area contributed by atoms with Gasteiger partial charge in [0.15, 0.2) is 5.82 Å². The summed E-state index contributed by atoms with van der Waals surface area (Å²) in [6.45, 7) is 3.85. The van der Waals surface area contributed by atoms with Gasteiger partial charge >= 0.3 is 0 Å². The monoisotopic (exact) mass is 402 g/mol. The van der Waals surface area contributed by atoms with Crippen LogP contribution in [0.3, 0.4) is 0 Å². The highest BCUT2D eigenvalue weighted by atomic mass is 35.5. The highest BCUT2D eigenvalue weighted by Gasteiger charge is 2.19. The van der Waals surface area contributed by atoms with Crippen LogP contribution < -0.4 is 10.5 Å². The molecule has 6 nitrogen and oxygen atoms in total. The normalized spacial score (nSPS) is 11.9. The lowest BCUT2D eigenvalue weighted by Gasteiger charge is -2.28. The Kier molecular flexibility index (Phi) is 8.44. The third kappa shape index (κ3) is 5.79. The third-order valence-electron chi connectivity index (χ3n) is 4.59. The first-order chi connectivity index (χ1) is 13.2. The Balaban J connectivity index is 0.00000280. The van der Waals surface area contributed by atoms with Crippen LogP contribution >= 0.6 is 12.4 Å². The first kappa shape index (κ1) is 21.9. The fourth-order valence-electron chi connectivity index (χ4n) is 3.12. The number of hydrogen-bond donors (Lipinski definition) is 1. The van der Waals surface area contributed by atoms with Gasteiger partial charge in [0.05, 0.1) is 20.2 Å². The van der Waals surface area contributed by atoms with Gasteiger partial charge in [0, 0.05) is 12.6 Å². The molecule has 0 fully saturated rings. The number of hydrogen-bond acceptors (Lipinski definition) is 6. The molecule has 0 saturated heterocycles. The standard InChI is InChI=1S/C21H26N4O2.ClH/c1-16(12-18-10-6-7-11-19(18)26-2)25(14-17-8-4-3-5-9-17)15-20-23-21(13-22)27-24-20;/h3-11,16H,12-15,22H2,1-2H3;1H. The van der Waals surface area contributed by atoms with E-state index in [9.17, 15) is 0 Å². The fourth-order valence-corrected chi connectivity index (χ4v) is 3.12. The summed E-state index contributed by atoms with van der Waals surface area (Å²) < 4.78 is 10.7. The number of ether oxygens (including phenoxy) is 1. The van der Waals surface area contributed by atoms with Crippen LogP contribution in [0.2, 0.25) is 0 Å². The minimum Gasteiger partial charge on any atom is -0.496 e. The largest absolute Gasteiger partial charge is 0.496 e. The van der Waals surface area contributed by atoms with Crippen LogP contribution in [-0.2, 0) is 26.1 Å². The van der Waals surface area contributed by atoms with E-state index < -0.39 is 0 Å². The zero-order valence-corrected chi connectivity index (χ0v) is 17.1. The molecule has 0 aliphatic rings. The number of methoxy groups -OCH3 is 1. The van der Waals surface area contributed by atoms with Gasteiger partial charge in [0.2, 0.25) is 5.89 Å². The second-order valence-electron chi connectivity index (χ2n) is 6.56. The molecule has 28 heavy (non-hydrogen) atoms. The third-order valence-corrected chi connectivity index (χ3v) is 4.59. The predicted octanol–water partition coefficient (Wildman–Crippen LogP) is 3.59. The SMILES string of the molecule is COc1ccccc1CC(C)N(Cc1ccccc1)Cc1noc(CN)n1.Cl. The average Bonchev–Trinajstić information content (AvgIpc) is 3.16. The zero-order valence-electron chi connectivity index (χ0n) is 16.2. The molecule has 1 atom stereocenters. The van der Waals surface area contributed by atoms with Crippen LogP contribution in [0.25, 0.3) is 0 Å². The van der Waals surface area contributed by atoms with Crippen LogP contribution in [0, 0.1) is 0 Å². The van der Waals surface area contributed by atoms with Crippen LogP contribution in [0.1, 0.15) is 29.8 Å². The minimum absolute atomic E-state index is 0. The van der Waals surface area contributed by atoms with E-state index in [0.717, 1.165) is 18.7 Å². The number of nitrogens with two attached hydrogens (primary N) is 1. The van der Waals surface area contributed by atoms with E-state index in [4.69, 9.17) is 15.0 Å². The van der Waals surface area contributed by atoms with Crippen molar-refractivity contribution >= 4 is 12.4 Å². The molecule has 1 heterocycles. The van der Waals surface area contributed by atoms with E-state index in [1.807, 2.05) is 24.3 Å². The van der Waals surface area contributed by atoms with Crippen molar-refractivity contribution in [2.24, 2.45) is 5.73 Å². The van der Waals surface area contributed by atoms with Crippen molar-refractivity contribution in [2.45, 2.75) is 39.0 Å². The summed E-state index contributed by atoms with van der Waals surface area (Å²) in [7, 11) is 1.71. The second-order valence-corrected chi connectivity index (χ2v) is 6.56. The van der Waals surface area contributed by atoms with E-state index in [0.29, 0.717) is 18.3 Å². The van der Waals surface area contributed by atoms with Gasteiger partial charge in [0.1, 0.15) is 5.75 Å². The van der Waals surface area contributed by atoms with Crippen LogP contribution in [0.5, 0.6) is 5.75 Å². The van der Waals surface area contributed by atoms with Gasteiger partial charge in [-0.2, -0.15) is 4.98 Å². The molecular formula is C21H27ClN4O2. The maximum Gasteiger partial charge on any atom is 0.240 e. The van der Waals surface area contributed by atoms with E-state index in [1.165, 1.54) is 11.1 Å². The molecule has 7 heteroatoms. The Labute approximate surface area is 172 Å². The molecule has 2 N–H and O–H groups in total. The Morgan fingerprint density at radius 1 is 1.07 bits per heavy atom. The molecule has 150 valence electrons. The van der Waals surface area contributed by atoms with Gasteiger partial charge in [0.25, 0.3) is 0 Å². The van der Waals surface area contributed by atoms with Crippen molar-refractivity contribution in [3.63, 3.8) is 0 Å². The summed E-state index contributed by atoms with van der Waals surface area (Å²) in [5, 5.41) is 4.06. The van der Waals surface area contributed by atoms with Crippen molar-refractivity contribution in [3.05, 3.63) is 77.4 Å².